The minimum Gasteiger partial charge on any atom is -0.382 e. The van der Waals surface area contributed by atoms with Crippen LogP contribution in [0.25, 0.3) is 16.9 Å². The molecule has 0 spiro atoms. The van der Waals surface area contributed by atoms with Gasteiger partial charge in [-0.2, -0.15) is 18.6 Å². The summed E-state index contributed by atoms with van der Waals surface area (Å²) in [5.41, 5.74) is 9.08. The van der Waals surface area contributed by atoms with E-state index in [9.17, 15) is 0 Å². The zero-order valence-corrected chi connectivity index (χ0v) is 17.3. The number of nitrogens with two attached hydrogens (primary N) is 1. The van der Waals surface area contributed by atoms with Crippen molar-refractivity contribution in [2.75, 3.05) is 11.1 Å². The maximum absolute atomic E-state index is 6.22. The van der Waals surface area contributed by atoms with E-state index in [1.807, 2.05) is 43.3 Å². The predicted octanol–water partition coefficient (Wildman–Crippen LogP) is 4.36. The number of halogens is 2. The second-order valence-corrected chi connectivity index (χ2v) is 6.72. The zero-order valence-electron chi connectivity index (χ0n) is 14.8. The van der Waals surface area contributed by atoms with Gasteiger partial charge >= 0.3 is 0 Å². The molecule has 0 fully saturated rings. The van der Waals surface area contributed by atoms with Gasteiger partial charge in [-0.3, -0.25) is 0 Å². The van der Waals surface area contributed by atoms with Crippen LogP contribution in [0.2, 0.25) is 10.2 Å². The lowest BCUT2D eigenvalue weighted by atomic mass is 10.0. The summed E-state index contributed by atoms with van der Waals surface area (Å²) in [6, 6.07) is 11.6. The molecule has 144 valence electrons. The highest BCUT2D eigenvalue weighted by molar-refractivity contribution is 7.59. The van der Waals surface area contributed by atoms with E-state index in [1.54, 1.807) is 10.7 Å². The Morgan fingerprint density at radius 3 is 2.61 bits per heavy atom. The molecule has 1 aromatic carbocycles. The number of fused-ring (bicyclic) bond motifs is 1. The molecule has 1 atom stereocenters. The maximum Gasteiger partial charge on any atom is 0.155 e. The Kier molecular flexibility index (Phi) is 5.93. The second-order valence-electron chi connectivity index (χ2n) is 5.95. The molecule has 0 aliphatic carbocycles. The third kappa shape index (κ3) is 3.71. The number of rotatable bonds is 4. The number of anilines is 2. The highest BCUT2D eigenvalue weighted by Crippen LogP contribution is 2.32. The van der Waals surface area contributed by atoms with Gasteiger partial charge in [0.2, 0.25) is 0 Å². The molecule has 28 heavy (non-hydrogen) atoms. The molecule has 3 N–H and O–H groups in total. The highest BCUT2D eigenvalue weighted by Gasteiger charge is 2.19. The molecular weight excluding hydrogens is 417 g/mol. The number of aromatic nitrogens is 5. The van der Waals surface area contributed by atoms with E-state index in [4.69, 9.17) is 34.0 Å². The zero-order chi connectivity index (χ0) is 19.0. The van der Waals surface area contributed by atoms with Crippen molar-refractivity contribution in [3.05, 3.63) is 64.7 Å². The molecule has 0 bridgehead atoms. The Balaban J connectivity index is 0.00000225. The van der Waals surface area contributed by atoms with Gasteiger partial charge in [0.15, 0.2) is 16.6 Å². The van der Waals surface area contributed by atoms with Crippen molar-refractivity contribution in [3.8, 4) is 11.3 Å². The SMILES string of the molecule is C[C@H](Nc1ncnc(N)c1Cl)c1cc2ncc(Cl)n2nc1-c1ccccc1.S. The summed E-state index contributed by atoms with van der Waals surface area (Å²) in [6.07, 6.45) is 2.94. The summed E-state index contributed by atoms with van der Waals surface area (Å²) in [7, 11) is 0. The Morgan fingerprint density at radius 1 is 1.11 bits per heavy atom. The number of nitrogens with one attached hydrogen (secondary N) is 1. The van der Waals surface area contributed by atoms with Crippen LogP contribution in [0.3, 0.4) is 0 Å². The standard InChI is InChI=1S/C18H15Cl2N7.H2S/c1-10(25-18-15(20)17(21)23-9-24-18)12-7-14-22-8-13(19)27(14)26-16(12)11-5-3-2-4-6-11;/h2-10H,1H3,(H3,21,23,24,25);1H2/t10-;/m0./s1. The number of imidazole rings is 1. The number of hydrogen-bond donors (Lipinski definition) is 2. The minimum absolute atomic E-state index is 0. The second kappa shape index (κ2) is 8.22. The van der Waals surface area contributed by atoms with Crippen LogP contribution in [0.5, 0.6) is 0 Å². The first-order chi connectivity index (χ1) is 13.0. The lowest BCUT2D eigenvalue weighted by Gasteiger charge is -2.19. The molecular formula is C18H17Cl2N7S. The van der Waals surface area contributed by atoms with Crippen LogP contribution in [0, 0.1) is 0 Å². The monoisotopic (exact) mass is 433 g/mol. The number of nitrogen functional groups attached to an aromatic ring is 1. The van der Waals surface area contributed by atoms with Crippen LogP contribution >= 0.6 is 36.7 Å². The topological polar surface area (TPSA) is 94.0 Å². The molecule has 0 aliphatic rings. The highest BCUT2D eigenvalue weighted by atomic mass is 35.5. The van der Waals surface area contributed by atoms with Crippen LogP contribution in [-0.4, -0.2) is 24.6 Å². The fraction of sp³-hybridized carbons (Fsp3) is 0.111. The van der Waals surface area contributed by atoms with E-state index in [1.165, 1.54) is 6.33 Å². The Hall–Kier alpha value is -2.55. The van der Waals surface area contributed by atoms with E-state index in [0.717, 1.165) is 16.8 Å². The van der Waals surface area contributed by atoms with Crippen molar-refractivity contribution in [2.45, 2.75) is 13.0 Å². The van der Waals surface area contributed by atoms with Crippen LogP contribution < -0.4 is 11.1 Å². The first-order valence-electron chi connectivity index (χ1n) is 8.16. The third-order valence-corrected chi connectivity index (χ3v) is 4.79. The quantitative estimate of drug-likeness (QED) is 0.496. The van der Waals surface area contributed by atoms with Gasteiger partial charge in [-0.25, -0.2) is 19.5 Å². The van der Waals surface area contributed by atoms with Crippen molar-refractivity contribution in [1.82, 2.24) is 24.6 Å². The molecule has 4 aromatic rings. The average molecular weight is 434 g/mol. The first kappa shape index (κ1) is 20.2. The lowest BCUT2D eigenvalue weighted by molar-refractivity contribution is 0.841. The van der Waals surface area contributed by atoms with E-state index in [0.29, 0.717) is 16.6 Å². The molecule has 3 heterocycles. The normalized spacial score (nSPS) is 11.8. The summed E-state index contributed by atoms with van der Waals surface area (Å²) >= 11 is 12.4. The van der Waals surface area contributed by atoms with Gasteiger partial charge in [-0.15, -0.1) is 0 Å². The Bertz CT molecular complexity index is 1120. The number of benzene rings is 1. The third-order valence-electron chi connectivity index (χ3n) is 4.16. The van der Waals surface area contributed by atoms with Crippen LogP contribution in [0.1, 0.15) is 18.5 Å². The fourth-order valence-corrected chi connectivity index (χ4v) is 3.14. The van der Waals surface area contributed by atoms with Gasteiger partial charge in [-0.05, 0) is 13.0 Å². The fourth-order valence-electron chi connectivity index (χ4n) is 2.82. The molecule has 0 amide bonds. The molecule has 0 unspecified atom stereocenters. The van der Waals surface area contributed by atoms with Crippen molar-refractivity contribution in [1.29, 1.82) is 0 Å². The molecule has 0 saturated carbocycles. The van der Waals surface area contributed by atoms with Crippen LogP contribution in [0.4, 0.5) is 11.6 Å². The van der Waals surface area contributed by atoms with Gasteiger partial charge in [0, 0.05) is 11.1 Å². The van der Waals surface area contributed by atoms with Gasteiger partial charge in [0.1, 0.15) is 17.2 Å². The molecule has 0 aliphatic heterocycles. The van der Waals surface area contributed by atoms with Crippen molar-refractivity contribution in [2.24, 2.45) is 0 Å². The van der Waals surface area contributed by atoms with E-state index in [-0.39, 0.29) is 30.4 Å². The van der Waals surface area contributed by atoms with Gasteiger partial charge in [-0.1, -0.05) is 53.5 Å². The minimum atomic E-state index is -0.181. The first-order valence-corrected chi connectivity index (χ1v) is 8.92. The Labute approximate surface area is 178 Å². The largest absolute Gasteiger partial charge is 0.382 e. The smallest absolute Gasteiger partial charge is 0.155 e. The molecule has 3 aromatic heterocycles. The predicted molar refractivity (Wildman–Crippen MR) is 117 cm³/mol. The van der Waals surface area contributed by atoms with E-state index in [2.05, 4.69) is 20.3 Å². The van der Waals surface area contributed by atoms with Crippen LogP contribution in [-0.2, 0) is 0 Å². The van der Waals surface area contributed by atoms with Crippen molar-refractivity contribution < 1.29 is 0 Å². The molecule has 10 heteroatoms. The maximum atomic E-state index is 6.22. The summed E-state index contributed by atoms with van der Waals surface area (Å²) < 4.78 is 1.61. The number of hydrogen-bond acceptors (Lipinski definition) is 6. The van der Waals surface area contributed by atoms with Crippen molar-refractivity contribution in [3.63, 3.8) is 0 Å². The summed E-state index contributed by atoms with van der Waals surface area (Å²) in [4.78, 5) is 12.4. The van der Waals surface area contributed by atoms with E-state index < -0.39 is 0 Å². The number of nitrogens with zero attached hydrogens (tertiary/aromatic N) is 5. The summed E-state index contributed by atoms with van der Waals surface area (Å²) in [5, 5.41) is 8.70. The van der Waals surface area contributed by atoms with Gasteiger partial charge in [0.25, 0.3) is 0 Å². The van der Waals surface area contributed by atoms with Crippen LogP contribution in [0.15, 0.2) is 48.9 Å². The lowest BCUT2D eigenvalue weighted by Crippen LogP contribution is -2.13. The molecule has 0 saturated heterocycles. The van der Waals surface area contributed by atoms with E-state index >= 15 is 0 Å². The van der Waals surface area contributed by atoms with Gasteiger partial charge in [0.05, 0.1) is 17.9 Å². The average Bonchev–Trinajstić information content (AvgIpc) is 3.05. The summed E-state index contributed by atoms with van der Waals surface area (Å²) in [5.74, 6) is 0.676. The van der Waals surface area contributed by atoms with Gasteiger partial charge < -0.3 is 11.1 Å². The van der Waals surface area contributed by atoms with Crippen molar-refractivity contribution >= 4 is 54.0 Å². The molecule has 0 radical (unpaired) electrons. The molecule has 7 nitrogen and oxygen atoms in total. The Morgan fingerprint density at radius 2 is 1.86 bits per heavy atom. The summed E-state index contributed by atoms with van der Waals surface area (Å²) in [6.45, 7) is 1.99. The molecule has 4 rings (SSSR count).